The second-order valence-electron chi connectivity index (χ2n) is 3.55. The Hall–Kier alpha value is -1.06. The molecule has 0 heterocycles. The van der Waals surface area contributed by atoms with E-state index < -0.39 is 0 Å². The first kappa shape index (κ1) is 11.0. The van der Waals surface area contributed by atoms with Crippen molar-refractivity contribution in [2.24, 2.45) is 0 Å². The van der Waals surface area contributed by atoms with Gasteiger partial charge >= 0.3 is 0 Å². The Kier molecular flexibility index (Phi) is 3.92. The summed E-state index contributed by atoms with van der Waals surface area (Å²) < 4.78 is 0. The van der Waals surface area contributed by atoms with E-state index in [0.717, 1.165) is 6.54 Å². The highest BCUT2D eigenvalue weighted by atomic mass is 16.6. The van der Waals surface area contributed by atoms with Crippen LogP contribution in [-0.4, -0.2) is 21.2 Å². The van der Waals surface area contributed by atoms with Crippen LogP contribution in [0.25, 0.3) is 0 Å². The molecule has 0 saturated carbocycles. The van der Waals surface area contributed by atoms with Gasteiger partial charge in [0.25, 0.3) is 0 Å². The van der Waals surface area contributed by atoms with Crippen LogP contribution in [-0.2, 0) is 11.4 Å². The van der Waals surface area contributed by atoms with Gasteiger partial charge in [-0.2, -0.15) is 5.48 Å². The number of rotatable bonds is 4. The van der Waals surface area contributed by atoms with Crippen LogP contribution in [0.15, 0.2) is 18.2 Å². The Morgan fingerprint density at radius 1 is 1.36 bits per heavy atom. The van der Waals surface area contributed by atoms with Gasteiger partial charge in [0.2, 0.25) is 0 Å². The molecule has 0 bridgehead atoms. The molecule has 3 nitrogen and oxygen atoms in total. The Morgan fingerprint density at radius 2 is 2.07 bits per heavy atom. The third-order valence-electron chi connectivity index (χ3n) is 2.12. The van der Waals surface area contributed by atoms with Gasteiger partial charge in [-0.05, 0) is 18.6 Å². The van der Waals surface area contributed by atoms with Crippen LogP contribution in [0.4, 0.5) is 5.69 Å². The van der Waals surface area contributed by atoms with Gasteiger partial charge in [0, 0.05) is 26.3 Å². The minimum Gasteiger partial charge on any atom is -0.377 e. The van der Waals surface area contributed by atoms with Crippen molar-refractivity contribution in [2.75, 3.05) is 26.1 Å². The SMILES string of the molecule is CONCc1cc(C)ccc1N(C)C. The lowest BCUT2D eigenvalue weighted by Crippen LogP contribution is -2.16. The van der Waals surface area contributed by atoms with Crippen LogP contribution < -0.4 is 10.4 Å². The molecule has 0 aliphatic rings. The summed E-state index contributed by atoms with van der Waals surface area (Å²) >= 11 is 0. The molecule has 0 saturated heterocycles. The molecule has 14 heavy (non-hydrogen) atoms. The van der Waals surface area contributed by atoms with Crippen LogP contribution in [0.2, 0.25) is 0 Å². The number of nitrogens with zero attached hydrogens (tertiary/aromatic N) is 1. The van der Waals surface area contributed by atoms with E-state index in [0.29, 0.717) is 0 Å². The summed E-state index contributed by atoms with van der Waals surface area (Å²) in [4.78, 5) is 6.96. The Morgan fingerprint density at radius 3 is 2.64 bits per heavy atom. The molecular formula is C11H18N2O. The molecular weight excluding hydrogens is 176 g/mol. The fraction of sp³-hybridized carbons (Fsp3) is 0.455. The van der Waals surface area contributed by atoms with Crippen molar-refractivity contribution in [3.63, 3.8) is 0 Å². The van der Waals surface area contributed by atoms with Gasteiger partial charge in [-0.25, -0.2) is 0 Å². The largest absolute Gasteiger partial charge is 0.377 e. The first-order chi connectivity index (χ1) is 6.65. The van der Waals surface area contributed by atoms with Crippen molar-refractivity contribution in [3.05, 3.63) is 29.3 Å². The first-order valence-electron chi connectivity index (χ1n) is 4.68. The molecule has 1 aromatic rings. The molecule has 1 N–H and O–H groups in total. The number of hydrogen-bond acceptors (Lipinski definition) is 3. The Labute approximate surface area is 85.6 Å². The van der Waals surface area contributed by atoms with E-state index in [1.165, 1.54) is 16.8 Å². The van der Waals surface area contributed by atoms with E-state index in [-0.39, 0.29) is 0 Å². The van der Waals surface area contributed by atoms with Crippen molar-refractivity contribution in [3.8, 4) is 0 Å². The number of nitrogens with one attached hydrogen (secondary N) is 1. The molecule has 78 valence electrons. The zero-order chi connectivity index (χ0) is 10.6. The van der Waals surface area contributed by atoms with E-state index in [1.807, 2.05) is 14.1 Å². The molecule has 0 spiro atoms. The van der Waals surface area contributed by atoms with Crippen LogP contribution in [0.3, 0.4) is 0 Å². The number of hydroxylamine groups is 1. The highest BCUT2D eigenvalue weighted by molar-refractivity contribution is 5.53. The minimum absolute atomic E-state index is 0.728. The van der Waals surface area contributed by atoms with Crippen LogP contribution in [0, 0.1) is 6.92 Å². The fourth-order valence-electron chi connectivity index (χ4n) is 1.44. The molecule has 3 heteroatoms. The van der Waals surface area contributed by atoms with Crippen LogP contribution in [0.5, 0.6) is 0 Å². The van der Waals surface area contributed by atoms with Crippen molar-refractivity contribution in [2.45, 2.75) is 13.5 Å². The molecule has 0 unspecified atom stereocenters. The molecule has 0 amide bonds. The highest BCUT2D eigenvalue weighted by Crippen LogP contribution is 2.19. The summed E-state index contributed by atoms with van der Waals surface area (Å²) in [6.45, 7) is 2.82. The number of aryl methyl sites for hydroxylation is 1. The molecule has 0 aliphatic carbocycles. The van der Waals surface area contributed by atoms with Crippen molar-refractivity contribution >= 4 is 5.69 Å². The third kappa shape index (κ3) is 2.72. The quantitative estimate of drug-likeness (QED) is 0.738. The fourth-order valence-corrected chi connectivity index (χ4v) is 1.44. The lowest BCUT2D eigenvalue weighted by atomic mass is 10.1. The lowest BCUT2D eigenvalue weighted by molar-refractivity contribution is 0.0868. The maximum Gasteiger partial charge on any atom is 0.0572 e. The Bertz CT molecular complexity index is 297. The molecule has 1 aromatic carbocycles. The summed E-state index contributed by atoms with van der Waals surface area (Å²) in [6, 6.07) is 6.41. The smallest absolute Gasteiger partial charge is 0.0572 e. The molecule has 0 atom stereocenters. The molecule has 1 rings (SSSR count). The maximum atomic E-state index is 4.85. The Balaban J connectivity index is 2.91. The summed E-state index contributed by atoms with van der Waals surface area (Å²) in [6.07, 6.45) is 0. The lowest BCUT2D eigenvalue weighted by Gasteiger charge is -2.18. The van der Waals surface area contributed by atoms with E-state index >= 15 is 0 Å². The van der Waals surface area contributed by atoms with Gasteiger partial charge in [0.05, 0.1) is 7.11 Å². The number of benzene rings is 1. The monoisotopic (exact) mass is 194 g/mol. The number of hydrogen-bond donors (Lipinski definition) is 1. The number of anilines is 1. The zero-order valence-electron chi connectivity index (χ0n) is 9.29. The molecule has 0 aliphatic heterocycles. The van der Waals surface area contributed by atoms with Crippen molar-refractivity contribution < 1.29 is 4.84 Å². The molecule has 0 aromatic heterocycles. The molecule has 0 fully saturated rings. The van der Waals surface area contributed by atoms with E-state index in [1.54, 1.807) is 7.11 Å². The van der Waals surface area contributed by atoms with E-state index in [9.17, 15) is 0 Å². The van der Waals surface area contributed by atoms with E-state index in [4.69, 9.17) is 4.84 Å². The highest BCUT2D eigenvalue weighted by Gasteiger charge is 2.03. The first-order valence-corrected chi connectivity index (χ1v) is 4.68. The summed E-state index contributed by atoms with van der Waals surface area (Å²) in [5.74, 6) is 0. The van der Waals surface area contributed by atoms with Gasteiger partial charge in [0.1, 0.15) is 0 Å². The summed E-state index contributed by atoms with van der Waals surface area (Å²) in [5, 5.41) is 0. The average molecular weight is 194 g/mol. The maximum absolute atomic E-state index is 4.85. The van der Waals surface area contributed by atoms with Crippen molar-refractivity contribution in [1.29, 1.82) is 0 Å². The van der Waals surface area contributed by atoms with Crippen LogP contribution in [0.1, 0.15) is 11.1 Å². The summed E-state index contributed by atoms with van der Waals surface area (Å²) in [5.41, 5.74) is 6.60. The van der Waals surface area contributed by atoms with Gasteiger partial charge in [0.15, 0.2) is 0 Å². The average Bonchev–Trinajstić information content (AvgIpc) is 2.14. The second-order valence-corrected chi connectivity index (χ2v) is 3.55. The van der Waals surface area contributed by atoms with Gasteiger partial charge in [-0.1, -0.05) is 17.7 Å². The van der Waals surface area contributed by atoms with Gasteiger partial charge < -0.3 is 9.74 Å². The van der Waals surface area contributed by atoms with Gasteiger partial charge in [-0.15, -0.1) is 0 Å². The topological polar surface area (TPSA) is 24.5 Å². The zero-order valence-corrected chi connectivity index (χ0v) is 9.29. The third-order valence-corrected chi connectivity index (χ3v) is 2.12. The normalized spacial score (nSPS) is 10.3. The summed E-state index contributed by atoms with van der Waals surface area (Å²) in [7, 11) is 5.72. The van der Waals surface area contributed by atoms with Gasteiger partial charge in [-0.3, -0.25) is 0 Å². The molecule has 0 radical (unpaired) electrons. The minimum atomic E-state index is 0.728. The predicted molar refractivity (Wildman–Crippen MR) is 59.4 cm³/mol. The second kappa shape index (κ2) is 4.98. The van der Waals surface area contributed by atoms with Crippen LogP contribution >= 0.6 is 0 Å². The predicted octanol–water partition coefficient (Wildman–Crippen LogP) is 1.71. The standard InChI is InChI=1S/C11H18N2O/c1-9-5-6-11(13(2)3)10(7-9)8-12-14-4/h5-7,12H,8H2,1-4H3. The van der Waals surface area contributed by atoms with E-state index in [2.05, 4.69) is 35.5 Å². The van der Waals surface area contributed by atoms with Crippen molar-refractivity contribution in [1.82, 2.24) is 5.48 Å².